The van der Waals surface area contributed by atoms with Crippen molar-refractivity contribution in [3.8, 4) is 0 Å². The van der Waals surface area contributed by atoms with Crippen LogP contribution in [0.2, 0.25) is 0 Å². The van der Waals surface area contributed by atoms with Crippen molar-refractivity contribution in [3.63, 3.8) is 0 Å². The molecule has 1 saturated carbocycles. The molecule has 1 aliphatic heterocycles. The fourth-order valence-electron chi connectivity index (χ4n) is 3.31. The van der Waals surface area contributed by atoms with Crippen molar-refractivity contribution in [2.24, 2.45) is 17.6 Å². The summed E-state index contributed by atoms with van der Waals surface area (Å²) in [5, 5.41) is 0. The fraction of sp³-hybridized carbons (Fsp3) is 1.00. The first-order valence-electron chi connectivity index (χ1n) is 6.73. The Morgan fingerprint density at radius 2 is 1.88 bits per heavy atom. The Bertz CT molecular complexity index is 192. The number of likely N-dealkylation sites (tertiary alicyclic amines) is 1. The van der Waals surface area contributed by atoms with Crippen molar-refractivity contribution >= 4 is 12.4 Å². The third-order valence-corrected chi connectivity index (χ3v) is 4.34. The van der Waals surface area contributed by atoms with E-state index in [9.17, 15) is 0 Å². The third kappa shape index (κ3) is 3.61. The molecule has 2 rings (SSSR count). The minimum atomic E-state index is 0. The van der Waals surface area contributed by atoms with Crippen molar-refractivity contribution in [2.75, 3.05) is 19.6 Å². The number of nitrogens with two attached hydrogens (primary N) is 1. The second kappa shape index (κ2) is 6.83. The predicted octanol–water partition coefficient (Wildman–Crippen LogP) is 2.66. The lowest BCUT2D eigenvalue weighted by Gasteiger charge is -2.39. The number of hydrogen-bond donors (Lipinski definition) is 1. The third-order valence-electron chi connectivity index (χ3n) is 4.34. The molecule has 1 heterocycles. The number of halogens is 1. The van der Waals surface area contributed by atoms with E-state index >= 15 is 0 Å². The van der Waals surface area contributed by atoms with Gasteiger partial charge in [-0.15, -0.1) is 12.4 Å². The predicted molar refractivity (Wildman–Crippen MR) is 72.0 cm³/mol. The van der Waals surface area contributed by atoms with Gasteiger partial charge in [0.2, 0.25) is 0 Å². The maximum atomic E-state index is 5.89. The summed E-state index contributed by atoms with van der Waals surface area (Å²) in [6.45, 7) is 5.85. The van der Waals surface area contributed by atoms with Gasteiger partial charge in [0, 0.05) is 19.1 Å². The van der Waals surface area contributed by atoms with Gasteiger partial charge in [0.1, 0.15) is 0 Å². The minimum Gasteiger partial charge on any atom is -0.329 e. The second-order valence-corrected chi connectivity index (χ2v) is 5.66. The van der Waals surface area contributed by atoms with Crippen LogP contribution in [0.3, 0.4) is 0 Å². The molecule has 3 heteroatoms. The van der Waals surface area contributed by atoms with Crippen LogP contribution >= 0.6 is 12.4 Å². The van der Waals surface area contributed by atoms with E-state index in [0.717, 1.165) is 18.4 Å². The average Bonchev–Trinajstić information content (AvgIpc) is 2.73. The Morgan fingerprint density at radius 3 is 2.50 bits per heavy atom. The molecule has 2 unspecified atom stereocenters. The van der Waals surface area contributed by atoms with Crippen LogP contribution in [0.5, 0.6) is 0 Å². The Balaban J connectivity index is 0.00000128. The molecule has 0 aromatic rings. The molecule has 1 aliphatic carbocycles. The average molecular weight is 247 g/mol. The van der Waals surface area contributed by atoms with Crippen LogP contribution in [-0.2, 0) is 0 Å². The standard InChI is InChI=1S/C13H26N2.ClH/c1-11-6-7-15(13(8-11)9-14)10-12-4-2-3-5-12;/h11-13H,2-10,14H2,1H3;1H. The zero-order chi connectivity index (χ0) is 10.7. The molecule has 2 fully saturated rings. The van der Waals surface area contributed by atoms with Crippen LogP contribution in [0.15, 0.2) is 0 Å². The summed E-state index contributed by atoms with van der Waals surface area (Å²) < 4.78 is 0. The topological polar surface area (TPSA) is 29.3 Å². The molecule has 0 bridgehead atoms. The molecule has 0 spiro atoms. The summed E-state index contributed by atoms with van der Waals surface area (Å²) in [5.41, 5.74) is 5.89. The smallest absolute Gasteiger partial charge is 0.0221 e. The largest absolute Gasteiger partial charge is 0.329 e. The van der Waals surface area contributed by atoms with E-state index in [-0.39, 0.29) is 12.4 Å². The number of rotatable bonds is 3. The normalized spacial score (nSPS) is 32.6. The van der Waals surface area contributed by atoms with E-state index in [1.165, 1.54) is 51.6 Å². The Labute approximate surface area is 106 Å². The van der Waals surface area contributed by atoms with Crippen molar-refractivity contribution in [3.05, 3.63) is 0 Å². The molecule has 0 aromatic carbocycles. The molecule has 96 valence electrons. The maximum absolute atomic E-state index is 5.89. The van der Waals surface area contributed by atoms with Crippen LogP contribution in [0.25, 0.3) is 0 Å². The number of hydrogen-bond acceptors (Lipinski definition) is 2. The van der Waals surface area contributed by atoms with Gasteiger partial charge in [-0.05, 0) is 44.1 Å². The van der Waals surface area contributed by atoms with Crippen LogP contribution in [0.1, 0.15) is 45.4 Å². The van der Waals surface area contributed by atoms with E-state index < -0.39 is 0 Å². The summed E-state index contributed by atoms with van der Waals surface area (Å²) >= 11 is 0. The van der Waals surface area contributed by atoms with Gasteiger partial charge in [-0.3, -0.25) is 4.90 Å². The fourth-order valence-corrected chi connectivity index (χ4v) is 3.31. The zero-order valence-electron chi connectivity index (χ0n) is 10.5. The van der Waals surface area contributed by atoms with Gasteiger partial charge in [0.15, 0.2) is 0 Å². The number of piperidine rings is 1. The maximum Gasteiger partial charge on any atom is 0.0221 e. The number of nitrogens with zero attached hydrogens (tertiary/aromatic N) is 1. The molecule has 2 atom stereocenters. The SMILES string of the molecule is CC1CCN(CC2CCCC2)C(CN)C1.Cl. The van der Waals surface area contributed by atoms with Crippen molar-refractivity contribution in [1.29, 1.82) is 0 Å². The van der Waals surface area contributed by atoms with Crippen LogP contribution in [0.4, 0.5) is 0 Å². The van der Waals surface area contributed by atoms with Crippen LogP contribution in [-0.4, -0.2) is 30.6 Å². The molecule has 0 radical (unpaired) electrons. The van der Waals surface area contributed by atoms with E-state index in [4.69, 9.17) is 5.73 Å². The molecular weight excluding hydrogens is 220 g/mol. The highest BCUT2D eigenvalue weighted by Crippen LogP contribution is 2.29. The highest BCUT2D eigenvalue weighted by atomic mass is 35.5. The lowest BCUT2D eigenvalue weighted by atomic mass is 9.91. The lowest BCUT2D eigenvalue weighted by Crippen LogP contribution is -2.47. The van der Waals surface area contributed by atoms with Crippen LogP contribution < -0.4 is 5.73 Å². The Kier molecular flexibility index (Phi) is 6.09. The summed E-state index contributed by atoms with van der Waals surface area (Å²) in [7, 11) is 0. The molecule has 16 heavy (non-hydrogen) atoms. The Hall–Kier alpha value is 0.210. The van der Waals surface area contributed by atoms with Crippen molar-refractivity contribution in [2.45, 2.75) is 51.5 Å². The van der Waals surface area contributed by atoms with Gasteiger partial charge in [-0.2, -0.15) is 0 Å². The second-order valence-electron chi connectivity index (χ2n) is 5.66. The quantitative estimate of drug-likeness (QED) is 0.830. The van der Waals surface area contributed by atoms with Crippen molar-refractivity contribution in [1.82, 2.24) is 4.90 Å². The highest BCUT2D eigenvalue weighted by Gasteiger charge is 2.27. The molecule has 0 aromatic heterocycles. The van der Waals surface area contributed by atoms with Gasteiger partial charge in [-0.1, -0.05) is 19.8 Å². The highest BCUT2D eigenvalue weighted by molar-refractivity contribution is 5.85. The molecule has 2 aliphatic rings. The summed E-state index contributed by atoms with van der Waals surface area (Å²) in [5.74, 6) is 1.87. The van der Waals surface area contributed by atoms with Crippen LogP contribution in [0, 0.1) is 11.8 Å². The van der Waals surface area contributed by atoms with E-state index in [0.29, 0.717) is 6.04 Å². The van der Waals surface area contributed by atoms with E-state index in [2.05, 4.69) is 11.8 Å². The zero-order valence-corrected chi connectivity index (χ0v) is 11.3. The van der Waals surface area contributed by atoms with Gasteiger partial charge in [0.05, 0.1) is 0 Å². The first kappa shape index (κ1) is 14.3. The molecular formula is C13H27ClN2. The summed E-state index contributed by atoms with van der Waals surface area (Å²) in [6, 6.07) is 0.675. The van der Waals surface area contributed by atoms with Gasteiger partial charge >= 0.3 is 0 Å². The van der Waals surface area contributed by atoms with Gasteiger partial charge in [0.25, 0.3) is 0 Å². The molecule has 2 N–H and O–H groups in total. The first-order chi connectivity index (χ1) is 7.29. The van der Waals surface area contributed by atoms with Gasteiger partial charge < -0.3 is 5.73 Å². The molecule has 2 nitrogen and oxygen atoms in total. The monoisotopic (exact) mass is 246 g/mol. The summed E-state index contributed by atoms with van der Waals surface area (Å²) in [4.78, 5) is 2.68. The summed E-state index contributed by atoms with van der Waals surface area (Å²) in [6.07, 6.45) is 8.55. The lowest BCUT2D eigenvalue weighted by molar-refractivity contribution is 0.104. The van der Waals surface area contributed by atoms with Gasteiger partial charge in [-0.25, -0.2) is 0 Å². The Morgan fingerprint density at radius 1 is 1.19 bits per heavy atom. The minimum absolute atomic E-state index is 0. The molecule has 0 amide bonds. The van der Waals surface area contributed by atoms with E-state index in [1.807, 2.05) is 0 Å². The van der Waals surface area contributed by atoms with Crippen molar-refractivity contribution < 1.29 is 0 Å². The van der Waals surface area contributed by atoms with E-state index in [1.54, 1.807) is 0 Å². The first-order valence-corrected chi connectivity index (χ1v) is 6.73. The molecule has 1 saturated heterocycles.